The van der Waals surface area contributed by atoms with Gasteiger partial charge in [-0.3, -0.25) is 9.52 Å². The molecule has 2 aromatic rings. The molecular weight excluding hydrogens is 336 g/mol. The molecule has 1 aromatic carbocycles. The van der Waals surface area contributed by atoms with Crippen LogP contribution < -0.4 is 14.8 Å². The monoisotopic (exact) mass is 352 g/mol. The molecule has 0 fully saturated rings. The molecule has 0 saturated carbocycles. The molecule has 2 heterocycles. The van der Waals surface area contributed by atoms with Crippen molar-refractivity contribution in [2.75, 3.05) is 16.6 Å². The molecule has 1 amide bonds. The first-order valence-electron chi connectivity index (χ1n) is 6.93. The van der Waals surface area contributed by atoms with Gasteiger partial charge >= 0.3 is 0 Å². The minimum Gasteiger partial charge on any atom is -0.490 e. The van der Waals surface area contributed by atoms with E-state index in [4.69, 9.17) is 4.74 Å². The predicted molar refractivity (Wildman–Crippen MR) is 89.5 cm³/mol. The van der Waals surface area contributed by atoms with E-state index < -0.39 is 15.4 Å². The normalized spacial score (nSPS) is 16.7. The largest absolute Gasteiger partial charge is 0.490 e. The second kappa shape index (κ2) is 5.54. The summed E-state index contributed by atoms with van der Waals surface area (Å²) in [4.78, 5) is 12.2. The van der Waals surface area contributed by atoms with Gasteiger partial charge in [0.15, 0.2) is 0 Å². The third kappa shape index (κ3) is 3.18. The molecule has 0 radical (unpaired) electrons. The van der Waals surface area contributed by atoms with E-state index in [1.54, 1.807) is 43.5 Å². The number of carbonyl (C=O) groups is 1. The number of anilines is 2. The van der Waals surface area contributed by atoms with Gasteiger partial charge in [0.25, 0.3) is 10.0 Å². The third-order valence-corrected chi connectivity index (χ3v) is 6.22. The molecule has 1 aromatic heterocycles. The van der Waals surface area contributed by atoms with Crippen molar-refractivity contribution in [3.63, 3.8) is 0 Å². The van der Waals surface area contributed by atoms with Gasteiger partial charge in [-0.15, -0.1) is 11.3 Å². The Morgan fingerprint density at radius 2 is 2.09 bits per heavy atom. The summed E-state index contributed by atoms with van der Waals surface area (Å²) < 4.78 is 32.9. The van der Waals surface area contributed by atoms with E-state index in [-0.39, 0.29) is 16.7 Å². The predicted octanol–water partition coefficient (Wildman–Crippen LogP) is 2.91. The number of rotatable bonds is 3. The molecule has 3 rings (SSSR count). The van der Waals surface area contributed by atoms with E-state index in [1.165, 1.54) is 6.07 Å². The van der Waals surface area contributed by atoms with Crippen LogP contribution in [-0.2, 0) is 14.8 Å². The van der Waals surface area contributed by atoms with E-state index in [0.29, 0.717) is 17.1 Å². The maximum atomic E-state index is 12.2. The van der Waals surface area contributed by atoms with Crippen molar-refractivity contribution in [1.82, 2.24) is 0 Å². The van der Waals surface area contributed by atoms with E-state index in [1.807, 2.05) is 0 Å². The fraction of sp³-hybridized carbons (Fsp3) is 0.267. The second-order valence-corrected chi connectivity index (χ2v) is 8.73. The number of thiophene rings is 1. The number of fused-ring (bicyclic) bond motifs is 1. The maximum absolute atomic E-state index is 12.2. The SMILES string of the molecule is CC1(C)COc2ccc(NS(=O)(=O)c3cccs3)cc2NC1=O. The molecule has 122 valence electrons. The molecule has 8 heteroatoms. The van der Waals surface area contributed by atoms with Gasteiger partial charge in [-0.1, -0.05) is 6.07 Å². The average Bonchev–Trinajstić information content (AvgIpc) is 2.97. The molecule has 0 spiro atoms. The van der Waals surface area contributed by atoms with Crippen LogP contribution in [0, 0.1) is 5.41 Å². The highest BCUT2D eigenvalue weighted by molar-refractivity contribution is 7.94. The summed E-state index contributed by atoms with van der Waals surface area (Å²) in [6.07, 6.45) is 0. The Labute approximate surface area is 138 Å². The lowest BCUT2D eigenvalue weighted by molar-refractivity contribution is -0.124. The molecule has 6 nitrogen and oxygen atoms in total. The Morgan fingerprint density at radius 3 is 2.78 bits per heavy atom. The summed E-state index contributed by atoms with van der Waals surface area (Å²) in [6.45, 7) is 3.83. The molecule has 0 aliphatic carbocycles. The van der Waals surface area contributed by atoms with Crippen LogP contribution in [0.25, 0.3) is 0 Å². The summed E-state index contributed by atoms with van der Waals surface area (Å²) in [7, 11) is -3.63. The number of carbonyl (C=O) groups excluding carboxylic acids is 1. The highest BCUT2D eigenvalue weighted by Gasteiger charge is 2.32. The molecule has 1 aliphatic rings. The molecule has 0 saturated heterocycles. The van der Waals surface area contributed by atoms with Crippen molar-refractivity contribution in [3.05, 3.63) is 35.7 Å². The number of sulfonamides is 1. The Hall–Kier alpha value is -2.06. The fourth-order valence-electron chi connectivity index (χ4n) is 2.05. The van der Waals surface area contributed by atoms with Gasteiger partial charge in [-0.2, -0.15) is 0 Å². The zero-order valence-corrected chi connectivity index (χ0v) is 14.3. The number of nitrogens with one attached hydrogen (secondary N) is 2. The van der Waals surface area contributed by atoms with E-state index in [0.717, 1.165) is 11.3 Å². The first-order valence-corrected chi connectivity index (χ1v) is 9.29. The van der Waals surface area contributed by atoms with Gasteiger partial charge in [0, 0.05) is 0 Å². The first kappa shape index (κ1) is 15.8. The number of hydrogen-bond acceptors (Lipinski definition) is 5. The topological polar surface area (TPSA) is 84.5 Å². The molecule has 0 unspecified atom stereocenters. The Balaban J connectivity index is 1.89. The number of benzene rings is 1. The smallest absolute Gasteiger partial charge is 0.271 e. The molecule has 0 atom stereocenters. The van der Waals surface area contributed by atoms with Gasteiger partial charge in [-0.25, -0.2) is 8.42 Å². The van der Waals surface area contributed by atoms with Gasteiger partial charge < -0.3 is 10.1 Å². The van der Waals surface area contributed by atoms with Crippen LogP contribution in [0.5, 0.6) is 5.75 Å². The number of amides is 1. The molecule has 0 bridgehead atoms. The third-order valence-electron chi connectivity index (χ3n) is 3.44. The number of ether oxygens (including phenoxy) is 1. The van der Waals surface area contributed by atoms with Gasteiger partial charge in [0.2, 0.25) is 5.91 Å². The zero-order valence-electron chi connectivity index (χ0n) is 12.6. The van der Waals surface area contributed by atoms with Crippen LogP contribution in [0.4, 0.5) is 11.4 Å². The quantitative estimate of drug-likeness (QED) is 0.889. The lowest BCUT2D eigenvalue weighted by atomic mass is 9.94. The van der Waals surface area contributed by atoms with Crippen LogP contribution in [0.3, 0.4) is 0 Å². The minimum atomic E-state index is -3.63. The Morgan fingerprint density at radius 1 is 1.30 bits per heavy atom. The molecular formula is C15H16N2O4S2. The summed E-state index contributed by atoms with van der Waals surface area (Å²) in [5.41, 5.74) is 0.156. The summed E-state index contributed by atoms with van der Waals surface area (Å²) >= 11 is 1.14. The minimum absolute atomic E-state index is 0.172. The van der Waals surface area contributed by atoms with Crippen molar-refractivity contribution < 1.29 is 17.9 Å². The van der Waals surface area contributed by atoms with Crippen LogP contribution in [0.2, 0.25) is 0 Å². The van der Waals surface area contributed by atoms with Crippen molar-refractivity contribution in [2.24, 2.45) is 5.41 Å². The van der Waals surface area contributed by atoms with Crippen LogP contribution in [-0.4, -0.2) is 20.9 Å². The van der Waals surface area contributed by atoms with Crippen molar-refractivity contribution in [2.45, 2.75) is 18.1 Å². The fourth-order valence-corrected chi connectivity index (χ4v) is 4.10. The highest BCUT2D eigenvalue weighted by atomic mass is 32.2. The number of hydrogen-bond donors (Lipinski definition) is 2. The summed E-state index contributed by atoms with van der Waals surface area (Å²) in [6, 6.07) is 8.01. The zero-order chi connectivity index (χ0) is 16.7. The first-order chi connectivity index (χ1) is 10.8. The van der Waals surface area contributed by atoms with E-state index >= 15 is 0 Å². The lowest BCUT2D eigenvalue weighted by Crippen LogP contribution is -2.33. The van der Waals surface area contributed by atoms with Crippen molar-refractivity contribution in [3.8, 4) is 5.75 Å². The lowest BCUT2D eigenvalue weighted by Gasteiger charge is -2.18. The van der Waals surface area contributed by atoms with Crippen molar-refractivity contribution >= 4 is 38.6 Å². The van der Waals surface area contributed by atoms with Gasteiger partial charge in [0.1, 0.15) is 16.6 Å². The van der Waals surface area contributed by atoms with Crippen LogP contribution in [0.15, 0.2) is 39.9 Å². The van der Waals surface area contributed by atoms with E-state index in [9.17, 15) is 13.2 Å². The van der Waals surface area contributed by atoms with Gasteiger partial charge in [0.05, 0.1) is 16.8 Å². The second-order valence-electron chi connectivity index (χ2n) is 5.88. The summed E-state index contributed by atoms with van der Waals surface area (Å²) in [5, 5.41) is 4.47. The van der Waals surface area contributed by atoms with Gasteiger partial charge in [-0.05, 0) is 43.5 Å². The summed E-state index contributed by atoms with van der Waals surface area (Å²) in [5.74, 6) is 0.345. The van der Waals surface area contributed by atoms with Crippen LogP contribution in [0.1, 0.15) is 13.8 Å². The molecule has 1 aliphatic heterocycles. The molecule has 23 heavy (non-hydrogen) atoms. The molecule has 2 N–H and O–H groups in total. The Kier molecular flexibility index (Phi) is 3.81. The highest BCUT2D eigenvalue weighted by Crippen LogP contribution is 2.34. The van der Waals surface area contributed by atoms with Crippen LogP contribution >= 0.6 is 11.3 Å². The average molecular weight is 352 g/mol. The maximum Gasteiger partial charge on any atom is 0.271 e. The Bertz CT molecular complexity index is 842. The van der Waals surface area contributed by atoms with E-state index in [2.05, 4.69) is 10.0 Å². The van der Waals surface area contributed by atoms with Crippen molar-refractivity contribution in [1.29, 1.82) is 0 Å². The standard InChI is InChI=1S/C15H16N2O4S2/c1-15(2)9-21-12-6-5-10(8-11(12)16-14(15)18)17-23(19,20)13-4-3-7-22-13/h3-8,17H,9H2,1-2H3,(H,16,18).